The topological polar surface area (TPSA) is 113 Å². The second-order valence-corrected chi connectivity index (χ2v) is 8.16. The first-order valence-corrected chi connectivity index (χ1v) is 10.4. The van der Waals surface area contributed by atoms with Crippen LogP contribution >= 0.6 is 11.6 Å². The van der Waals surface area contributed by atoms with Crippen LogP contribution in [-0.4, -0.2) is 41.7 Å². The minimum atomic E-state index is -0.475. The first-order chi connectivity index (χ1) is 14.8. The molecule has 1 N–H and O–H groups in total. The van der Waals surface area contributed by atoms with Gasteiger partial charge in [-0.3, -0.25) is 18.7 Å². The van der Waals surface area contributed by atoms with Crippen LogP contribution in [-0.2, 0) is 25.4 Å². The average Bonchev–Trinajstić information content (AvgIpc) is 3.17. The van der Waals surface area contributed by atoms with Gasteiger partial charge in [0.25, 0.3) is 5.56 Å². The van der Waals surface area contributed by atoms with Gasteiger partial charge in [-0.05, 0) is 31.7 Å². The van der Waals surface area contributed by atoms with Crippen molar-refractivity contribution in [3.63, 3.8) is 0 Å². The molecule has 0 aromatic carbocycles. The first kappa shape index (κ1) is 21.1. The Morgan fingerprint density at radius 1 is 1.16 bits per heavy atom. The summed E-state index contributed by atoms with van der Waals surface area (Å²) in [6.07, 6.45) is 6.17. The fourth-order valence-electron chi connectivity index (χ4n) is 3.87. The Bertz CT molecular complexity index is 1220. The Balaban J connectivity index is 1.35. The molecule has 1 amide bonds. The molecule has 3 aromatic rings. The van der Waals surface area contributed by atoms with Crippen molar-refractivity contribution in [3.05, 3.63) is 50.5 Å². The molecule has 10 nitrogen and oxygen atoms in total. The predicted molar refractivity (Wildman–Crippen MR) is 114 cm³/mol. The smallest absolute Gasteiger partial charge is 0.332 e. The highest BCUT2D eigenvalue weighted by atomic mass is 35.5. The van der Waals surface area contributed by atoms with E-state index in [0.29, 0.717) is 10.9 Å². The normalized spacial score (nSPS) is 18.8. The lowest BCUT2D eigenvalue weighted by molar-refractivity contribution is -0.122. The zero-order valence-electron chi connectivity index (χ0n) is 17.2. The van der Waals surface area contributed by atoms with Gasteiger partial charge in [0.15, 0.2) is 11.2 Å². The van der Waals surface area contributed by atoms with Crippen molar-refractivity contribution < 1.29 is 9.53 Å². The minimum Gasteiger partial charge on any atom is -0.474 e. The molecule has 3 heterocycles. The lowest BCUT2D eigenvalue weighted by Gasteiger charge is -2.29. The molecule has 0 spiro atoms. The third kappa shape index (κ3) is 4.34. The van der Waals surface area contributed by atoms with Gasteiger partial charge in [0.1, 0.15) is 12.6 Å². The van der Waals surface area contributed by atoms with Gasteiger partial charge in [-0.15, -0.1) is 0 Å². The van der Waals surface area contributed by atoms with Gasteiger partial charge < -0.3 is 14.6 Å². The summed E-state index contributed by atoms with van der Waals surface area (Å²) in [6.45, 7) is -0.0466. The Kier molecular flexibility index (Phi) is 5.81. The molecule has 1 fully saturated rings. The fraction of sp³-hybridized carbons (Fsp3) is 0.450. The van der Waals surface area contributed by atoms with E-state index in [1.54, 1.807) is 25.4 Å². The van der Waals surface area contributed by atoms with E-state index in [-0.39, 0.29) is 35.8 Å². The molecular formula is C20H23ClN6O4. The number of pyridine rings is 1. The van der Waals surface area contributed by atoms with Crippen molar-refractivity contribution in [2.75, 3.05) is 0 Å². The molecule has 0 bridgehead atoms. The number of carbonyl (C=O) groups excluding carboxylic acids is 1. The minimum absolute atomic E-state index is 0.0347. The van der Waals surface area contributed by atoms with Crippen molar-refractivity contribution in [1.29, 1.82) is 0 Å². The number of hydrogen-bond acceptors (Lipinski definition) is 6. The van der Waals surface area contributed by atoms with E-state index < -0.39 is 11.2 Å². The quantitative estimate of drug-likeness (QED) is 0.625. The Morgan fingerprint density at radius 3 is 2.58 bits per heavy atom. The van der Waals surface area contributed by atoms with Crippen molar-refractivity contribution in [3.8, 4) is 5.88 Å². The monoisotopic (exact) mass is 446 g/mol. The Morgan fingerprint density at radius 2 is 1.90 bits per heavy atom. The number of hydrogen-bond donors (Lipinski definition) is 1. The fourth-order valence-corrected chi connectivity index (χ4v) is 3.98. The summed E-state index contributed by atoms with van der Waals surface area (Å²) in [5.74, 6) is 0.332. The van der Waals surface area contributed by atoms with E-state index in [0.717, 1.165) is 30.3 Å². The number of aryl methyl sites for hydroxylation is 1. The number of imidazole rings is 1. The van der Waals surface area contributed by atoms with Crippen LogP contribution in [0.3, 0.4) is 0 Å². The largest absolute Gasteiger partial charge is 0.474 e. The van der Waals surface area contributed by atoms with E-state index in [1.807, 2.05) is 0 Å². The molecule has 3 aromatic heterocycles. The third-order valence-corrected chi connectivity index (χ3v) is 5.78. The third-order valence-electron chi connectivity index (χ3n) is 5.56. The van der Waals surface area contributed by atoms with Crippen molar-refractivity contribution in [2.45, 2.75) is 44.4 Å². The standard InChI is InChI=1S/C20H23ClN6O4/c1-25-18-17(19(29)26(2)20(25)30)27(11-23-18)10-15(28)24-13-4-6-14(7-5-13)31-16-8-3-12(21)9-22-16/h3,8-9,11,13-14H,4-7,10H2,1-2H3,(H,24,28). The zero-order valence-corrected chi connectivity index (χ0v) is 18.0. The number of nitrogens with one attached hydrogen (secondary N) is 1. The summed E-state index contributed by atoms with van der Waals surface area (Å²) in [4.78, 5) is 45.4. The highest BCUT2D eigenvalue weighted by Crippen LogP contribution is 2.23. The number of rotatable bonds is 5. The Hall–Kier alpha value is -3.14. The number of aromatic nitrogens is 5. The number of nitrogens with zero attached hydrogens (tertiary/aromatic N) is 5. The van der Waals surface area contributed by atoms with Crippen LogP contribution in [0.1, 0.15) is 25.7 Å². The van der Waals surface area contributed by atoms with Gasteiger partial charge in [-0.25, -0.2) is 14.8 Å². The summed E-state index contributed by atoms with van der Waals surface area (Å²) in [6, 6.07) is 3.51. The van der Waals surface area contributed by atoms with E-state index in [1.165, 1.54) is 22.5 Å². The number of halogens is 1. The summed E-state index contributed by atoms with van der Waals surface area (Å²) in [7, 11) is 2.95. The summed E-state index contributed by atoms with van der Waals surface area (Å²) >= 11 is 5.84. The van der Waals surface area contributed by atoms with E-state index in [2.05, 4.69) is 15.3 Å². The average molecular weight is 447 g/mol. The molecule has 0 aliphatic heterocycles. The maximum atomic E-state index is 12.6. The van der Waals surface area contributed by atoms with Gasteiger partial charge >= 0.3 is 5.69 Å². The molecule has 11 heteroatoms. The van der Waals surface area contributed by atoms with Crippen LogP contribution < -0.4 is 21.3 Å². The summed E-state index contributed by atoms with van der Waals surface area (Å²) in [5.41, 5.74) is -0.446. The van der Waals surface area contributed by atoms with Crippen LogP contribution in [0.5, 0.6) is 5.88 Å². The highest BCUT2D eigenvalue weighted by Gasteiger charge is 2.24. The van der Waals surface area contributed by atoms with Gasteiger partial charge in [0, 0.05) is 32.4 Å². The summed E-state index contributed by atoms with van der Waals surface area (Å²) < 4.78 is 9.66. The molecule has 1 aliphatic rings. The zero-order chi connectivity index (χ0) is 22.1. The predicted octanol–water partition coefficient (Wildman–Crippen LogP) is 0.988. The van der Waals surface area contributed by atoms with Crippen LogP contribution in [0.2, 0.25) is 5.02 Å². The lowest BCUT2D eigenvalue weighted by atomic mass is 9.93. The van der Waals surface area contributed by atoms with Gasteiger partial charge in [0.05, 0.1) is 11.3 Å². The molecule has 0 atom stereocenters. The van der Waals surface area contributed by atoms with E-state index in [9.17, 15) is 14.4 Å². The first-order valence-electron chi connectivity index (χ1n) is 10.0. The molecule has 0 saturated heterocycles. The van der Waals surface area contributed by atoms with Crippen LogP contribution in [0.15, 0.2) is 34.2 Å². The molecule has 1 saturated carbocycles. The summed E-state index contributed by atoms with van der Waals surface area (Å²) in [5, 5.41) is 3.58. The second kappa shape index (κ2) is 8.54. The number of fused-ring (bicyclic) bond motifs is 1. The van der Waals surface area contributed by atoms with Gasteiger partial charge in [-0.2, -0.15) is 0 Å². The second-order valence-electron chi connectivity index (χ2n) is 7.72. The van der Waals surface area contributed by atoms with Crippen LogP contribution in [0.25, 0.3) is 11.2 Å². The highest BCUT2D eigenvalue weighted by molar-refractivity contribution is 6.30. The molecule has 164 valence electrons. The molecule has 1 aliphatic carbocycles. The van der Waals surface area contributed by atoms with Crippen LogP contribution in [0, 0.1) is 0 Å². The lowest BCUT2D eigenvalue weighted by Crippen LogP contribution is -2.41. The molecule has 0 radical (unpaired) electrons. The number of amides is 1. The SMILES string of the molecule is Cn1c(=O)c2c(ncn2CC(=O)NC2CCC(Oc3ccc(Cl)cn3)CC2)n(C)c1=O. The Labute approximate surface area is 182 Å². The van der Waals surface area contributed by atoms with Crippen LogP contribution in [0.4, 0.5) is 0 Å². The molecular weight excluding hydrogens is 424 g/mol. The van der Waals surface area contributed by atoms with Crippen molar-refractivity contribution in [2.24, 2.45) is 14.1 Å². The maximum Gasteiger partial charge on any atom is 0.332 e. The molecule has 4 rings (SSSR count). The van der Waals surface area contributed by atoms with E-state index in [4.69, 9.17) is 16.3 Å². The van der Waals surface area contributed by atoms with E-state index >= 15 is 0 Å². The van der Waals surface area contributed by atoms with Crippen molar-refractivity contribution in [1.82, 2.24) is 29.0 Å². The molecule has 0 unspecified atom stereocenters. The maximum absolute atomic E-state index is 12.6. The van der Waals surface area contributed by atoms with Crippen molar-refractivity contribution >= 4 is 28.7 Å². The van der Waals surface area contributed by atoms with Gasteiger partial charge in [-0.1, -0.05) is 11.6 Å². The number of ether oxygens (including phenoxy) is 1. The molecule has 31 heavy (non-hydrogen) atoms. The number of carbonyl (C=O) groups is 1. The van der Waals surface area contributed by atoms with Gasteiger partial charge in [0.2, 0.25) is 11.8 Å².